The zero-order valence-corrected chi connectivity index (χ0v) is 15.4. The number of amides is 1. The number of hydrogen-bond donors (Lipinski definition) is 1. The highest BCUT2D eigenvalue weighted by molar-refractivity contribution is 5.94. The molecule has 148 valence electrons. The van der Waals surface area contributed by atoms with Gasteiger partial charge >= 0.3 is 0 Å². The molecule has 2 aromatic carbocycles. The SMILES string of the molecule is CN(CC(=O)Nc1ccc(N2CCOCC2)cc1)c1ccc(F)cc1[N+](=O)[O-]. The number of hydrogen-bond acceptors (Lipinski definition) is 6. The van der Waals surface area contributed by atoms with E-state index in [9.17, 15) is 19.3 Å². The normalized spacial score (nSPS) is 13.9. The average Bonchev–Trinajstić information content (AvgIpc) is 2.69. The Labute approximate surface area is 161 Å². The van der Waals surface area contributed by atoms with E-state index in [-0.39, 0.29) is 23.8 Å². The third-order valence-electron chi connectivity index (χ3n) is 4.45. The zero-order chi connectivity index (χ0) is 20.1. The molecule has 2 aromatic rings. The lowest BCUT2D eigenvalue weighted by molar-refractivity contribution is -0.384. The molecule has 0 aliphatic carbocycles. The van der Waals surface area contributed by atoms with Gasteiger partial charge in [-0.25, -0.2) is 4.39 Å². The van der Waals surface area contributed by atoms with E-state index in [2.05, 4.69) is 10.2 Å². The molecule has 1 aliphatic heterocycles. The van der Waals surface area contributed by atoms with E-state index < -0.39 is 10.7 Å². The van der Waals surface area contributed by atoms with Crippen LogP contribution in [-0.2, 0) is 9.53 Å². The lowest BCUT2D eigenvalue weighted by atomic mass is 10.2. The number of carbonyl (C=O) groups is 1. The lowest BCUT2D eigenvalue weighted by Gasteiger charge is -2.29. The van der Waals surface area contributed by atoms with Crippen LogP contribution in [0.1, 0.15) is 0 Å². The molecule has 1 fully saturated rings. The Hall–Kier alpha value is -3.20. The van der Waals surface area contributed by atoms with Gasteiger partial charge in [0.15, 0.2) is 0 Å². The van der Waals surface area contributed by atoms with Crippen LogP contribution in [0.25, 0.3) is 0 Å². The summed E-state index contributed by atoms with van der Waals surface area (Å²) < 4.78 is 18.6. The summed E-state index contributed by atoms with van der Waals surface area (Å²) in [6.07, 6.45) is 0. The largest absolute Gasteiger partial charge is 0.378 e. The summed E-state index contributed by atoms with van der Waals surface area (Å²) in [6.45, 7) is 2.93. The van der Waals surface area contributed by atoms with Crippen molar-refractivity contribution < 1.29 is 18.8 Å². The maximum atomic E-state index is 13.3. The number of benzene rings is 2. The maximum absolute atomic E-state index is 13.3. The van der Waals surface area contributed by atoms with Crippen LogP contribution in [0, 0.1) is 15.9 Å². The highest BCUT2D eigenvalue weighted by atomic mass is 19.1. The smallest absolute Gasteiger partial charge is 0.295 e. The van der Waals surface area contributed by atoms with Gasteiger partial charge < -0.3 is 19.9 Å². The van der Waals surface area contributed by atoms with Crippen LogP contribution in [0.2, 0.25) is 0 Å². The molecule has 28 heavy (non-hydrogen) atoms. The van der Waals surface area contributed by atoms with Crippen molar-refractivity contribution in [3.8, 4) is 0 Å². The number of nitro benzene ring substituents is 1. The van der Waals surface area contributed by atoms with Crippen molar-refractivity contribution in [1.82, 2.24) is 0 Å². The van der Waals surface area contributed by atoms with Crippen molar-refractivity contribution in [2.75, 3.05) is 55.0 Å². The van der Waals surface area contributed by atoms with Crippen LogP contribution in [-0.4, -0.2) is 50.7 Å². The summed E-state index contributed by atoms with van der Waals surface area (Å²) in [7, 11) is 1.54. The molecule has 0 bridgehead atoms. The second-order valence-corrected chi connectivity index (χ2v) is 6.44. The lowest BCUT2D eigenvalue weighted by Crippen LogP contribution is -2.36. The molecule has 8 nitrogen and oxygen atoms in total. The third-order valence-corrected chi connectivity index (χ3v) is 4.45. The number of nitrogens with zero attached hydrogens (tertiary/aromatic N) is 3. The first-order chi connectivity index (χ1) is 13.4. The Balaban J connectivity index is 1.61. The predicted octanol–water partition coefficient (Wildman–Crippen LogP) is 2.65. The van der Waals surface area contributed by atoms with Crippen LogP contribution >= 0.6 is 0 Å². The van der Waals surface area contributed by atoms with Gasteiger partial charge in [0.05, 0.1) is 30.7 Å². The molecular formula is C19H21FN4O4. The zero-order valence-electron chi connectivity index (χ0n) is 15.4. The molecule has 0 radical (unpaired) electrons. The summed E-state index contributed by atoms with van der Waals surface area (Å²) in [6, 6.07) is 10.7. The quantitative estimate of drug-likeness (QED) is 0.605. The summed E-state index contributed by atoms with van der Waals surface area (Å²) in [4.78, 5) is 26.4. The second kappa shape index (κ2) is 8.66. The Morgan fingerprint density at radius 2 is 1.93 bits per heavy atom. The molecule has 9 heteroatoms. The molecule has 0 atom stereocenters. The molecule has 3 rings (SSSR count). The number of ether oxygens (including phenoxy) is 1. The Kier molecular flexibility index (Phi) is 6.05. The highest BCUT2D eigenvalue weighted by Gasteiger charge is 2.20. The monoisotopic (exact) mass is 388 g/mol. The first-order valence-corrected chi connectivity index (χ1v) is 8.82. The van der Waals surface area contributed by atoms with Gasteiger partial charge in [0.25, 0.3) is 5.69 Å². The van der Waals surface area contributed by atoms with E-state index in [1.54, 1.807) is 7.05 Å². The van der Waals surface area contributed by atoms with Crippen molar-refractivity contribution in [2.45, 2.75) is 0 Å². The van der Waals surface area contributed by atoms with Crippen molar-refractivity contribution >= 4 is 28.7 Å². The van der Waals surface area contributed by atoms with E-state index in [0.717, 1.165) is 30.9 Å². The van der Waals surface area contributed by atoms with Gasteiger partial charge in [-0.05, 0) is 36.4 Å². The minimum Gasteiger partial charge on any atom is -0.378 e. The van der Waals surface area contributed by atoms with Gasteiger partial charge in [-0.1, -0.05) is 0 Å². The summed E-state index contributed by atoms with van der Waals surface area (Å²) >= 11 is 0. The Bertz CT molecular complexity index is 854. The van der Waals surface area contributed by atoms with Crippen molar-refractivity contribution in [2.24, 2.45) is 0 Å². The first-order valence-electron chi connectivity index (χ1n) is 8.82. The van der Waals surface area contributed by atoms with Crippen LogP contribution < -0.4 is 15.1 Å². The number of halogens is 1. The molecule has 0 saturated carbocycles. The molecule has 1 N–H and O–H groups in total. The van der Waals surface area contributed by atoms with E-state index in [0.29, 0.717) is 18.9 Å². The van der Waals surface area contributed by atoms with Gasteiger partial charge in [-0.2, -0.15) is 0 Å². The van der Waals surface area contributed by atoms with Crippen molar-refractivity contribution in [3.05, 3.63) is 58.4 Å². The standard InChI is InChI=1S/C19H21FN4O4/c1-22(17-7-2-14(20)12-18(17)24(26)27)13-19(25)21-15-3-5-16(6-4-15)23-8-10-28-11-9-23/h2-7,12H,8-11,13H2,1H3,(H,21,25). The highest BCUT2D eigenvalue weighted by Crippen LogP contribution is 2.28. The van der Waals surface area contributed by atoms with Crippen LogP contribution in [0.4, 0.5) is 27.1 Å². The first kappa shape index (κ1) is 19.6. The number of carbonyl (C=O) groups excluding carboxylic acids is 1. The third kappa shape index (κ3) is 4.74. The predicted molar refractivity (Wildman–Crippen MR) is 104 cm³/mol. The summed E-state index contributed by atoms with van der Waals surface area (Å²) in [5.41, 5.74) is 1.47. The van der Waals surface area contributed by atoms with E-state index in [4.69, 9.17) is 4.74 Å². The fourth-order valence-electron chi connectivity index (χ4n) is 3.04. The number of rotatable bonds is 6. The van der Waals surface area contributed by atoms with Gasteiger partial charge in [0.1, 0.15) is 11.5 Å². The van der Waals surface area contributed by atoms with Crippen LogP contribution in [0.15, 0.2) is 42.5 Å². The Morgan fingerprint density at radius 3 is 2.57 bits per heavy atom. The minimum absolute atomic E-state index is 0.113. The van der Waals surface area contributed by atoms with E-state index >= 15 is 0 Å². The Morgan fingerprint density at radius 1 is 1.25 bits per heavy atom. The minimum atomic E-state index is -0.700. The van der Waals surface area contributed by atoms with Crippen LogP contribution in [0.5, 0.6) is 0 Å². The summed E-state index contributed by atoms with van der Waals surface area (Å²) in [5, 5.41) is 13.9. The molecule has 1 heterocycles. The van der Waals surface area contributed by atoms with Crippen LogP contribution in [0.3, 0.4) is 0 Å². The van der Waals surface area contributed by atoms with Gasteiger partial charge in [-0.15, -0.1) is 0 Å². The van der Waals surface area contributed by atoms with Gasteiger partial charge in [-0.3, -0.25) is 14.9 Å². The molecule has 1 saturated heterocycles. The number of nitrogens with one attached hydrogen (secondary N) is 1. The number of likely N-dealkylation sites (N-methyl/N-ethyl adjacent to an activating group) is 1. The number of morpholine rings is 1. The van der Waals surface area contributed by atoms with Gasteiger partial charge in [0.2, 0.25) is 5.91 Å². The fraction of sp³-hybridized carbons (Fsp3) is 0.316. The summed E-state index contributed by atoms with van der Waals surface area (Å²) in [5.74, 6) is -1.03. The van der Waals surface area contributed by atoms with E-state index in [1.807, 2.05) is 24.3 Å². The topological polar surface area (TPSA) is 88.0 Å². The van der Waals surface area contributed by atoms with E-state index in [1.165, 1.54) is 11.0 Å². The molecule has 1 aliphatic rings. The molecule has 0 unspecified atom stereocenters. The molecule has 0 aromatic heterocycles. The number of anilines is 3. The average molecular weight is 388 g/mol. The second-order valence-electron chi connectivity index (χ2n) is 6.44. The molecular weight excluding hydrogens is 367 g/mol. The molecule has 0 spiro atoms. The van der Waals surface area contributed by atoms with Crippen molar-refractivity contribution in [3.63, 3.8) is 0 Å². The van der Waals surface area contributed by atoms with Gasteiger partial charge in [0, 0.05) is 31.5 Å². The van der Waals surface area contributed by atoms with Crippen molar-refractivity contribution in [1.29, 1.82) is 0 Å². The molecule has 1 amide bonds. The maximum Gasteiger partial charge on any atom is 0.295 e. The number of nitro groups is 1. The fourth-order valence-corrected chi connectivity index (χ4v) is 3.04.